The summed E-state index contributed by atoms with van der Waals surface area (Å²) in [4.78, 5) is 7.95. The minimum Gasteiger partial charge on any atom is -0.490 e. The molecule has 6 nitrogen and oxygen atoms in total. The number of rotatable bonds is 7. The number of pyridine rings is 1. The number of ether oxygens (including phenoxy) is 2. The third-order valence-electron chi connectivity index (χ3n) is 3.17. The summed E-state index contributed by atoms with van der Waals surface area (Å²) < 4.78 is 46.8. The zero-order valence-electron chi connectivity index (χ0n) is 14.5. The zero-order chi connectivity index (χ0) is 18.8. The minimum atomic E-state index is -4.74. The predicted octanol–water partition coefficient (Wildman–Crippen LogP) is 3.34. The van der Waals surface area contributed by atoms with Crippen molar-refractivity contribution in [3.05, 3.63) is 54.4 Å². The van der Waals surface area contributed by atoms with Crippen LogP contribution in [0.1, 0.15) is 5.56 Å². The molecule has 2 rings (SSSR count). The van der Waals surface area contributed by atoms with Gasteiger partial charge in [0.2, 0.25) is 0 Å². The second-order valence-electron chi connectivity index (χ2n) is 5.05. The van der Waals surface area contributed by atoms with Crippen molar-refractivity contribution in [1.29, 1.82) is 0 Å². The van der Waals surface area contributed by atoms with Gasteiger partial charge in [-0.3, -0.25) is 9.98 Å². The molecule has 0 radical (unpaired) electrons. The van der Waals surface area contributed by atoms with E-state index in [-0.39, 0.29) is 36.3 Å². The van der Waals surface area contributed by atoms with Gasteiger partial charge in [-0.25, -0.2) is 0 Å². The fraction of sp³-hybridized carbons (Fsp3) is 0.294. The molecule has 0 fully saturated rings. The van der Waals surface area contributed by atoms with Crippen LogP contribution in [0.15, 0.2) is 53.8 Å². The Balaban J connectivity index is 0.00000364. The van der Waals surface area contributed by atoms with E-state index in [0.29, 0.717) is 30.4 Å². The SMILES string of the molecule is CN=C(NCCOc1cccnc1)NCc1ccccc1OC(F)(F)F.I. The third kappa shape index (κ3) is 8.80. The summed E-state index contributed by atoms with van der Waals surface area (Å²) in [5, 5.41) is 5.94. The maximum Gasteiger partial charge on any atom is 0.573 e. The molecule has 0 atom stereocenters. The van der Waals surface area contributed by atoms with E-state index in [1.165, 1.54) is 12.1 Å². The van der Waals surface area contributed by atoms with Crippen LogP contribution in [0.25, 0.3) is 0 Å². The molecule has 0 saturated carbocycles. The maximum absolute atomic E-state index is 12.4. The van der Waals surface area contributed by atoms with Crippen molar-refractivity contribution in [3.8, 4) is 11.5 Å². The number of aliphatic imine (C=N–C) groups is 1. The fourth-order valence-electron chi connectivity index (χ4n) is 2.04. The van der Waals surface area contributed by atoms with Crippen LogP contribution in [0.4, 0.5) is 13.2 Å². The lowest BCUT2D eigenvalue weighted by Crippen LogP contribution is -2.39. The highest BCUT2D eigenvalue weighted by Gasteiger charge is 2.31. The Morgan fingerprint density at radius 2 is 1.93 bits per heavy atom. The van der Waals surface area contributed by atoms with Gasteiger partial charge in [-0.2, -0.15) is 0 Å². The summed E-state index contributed by atoms with van der Waals surface area (Å²) in [5.41, 5.74) is 0.361. The van der Waals surface area contributed by atoms with Crippen LogP contribution in [0.5, 0.6) is 11.5 Å². The lowest BCUT2D eigenvalue weighted by molar-refractivity contribution is -0.274. The Morgan fingerprint density at radius 3 is 2.59 bits per heavy atom. The number of para-hydroxylation sites is 1. The number of halogens is 4. The van der Waals surface area contributed by atoms with Crippen LogP contribution in [0.3, 0.4) is 0 Å². The summed E-state index contributed by atoms with van der Waals surface area (Å²) in [5.74, 6) is 0.833. The molecule has 1 aromatic carbocycles. The van der Waals surface area contributed by atoms with Crippen molar-refractivity contribution in [3.63, 3.8) is 0 Å². The molecule has 0 spiro atoms. The first kappa shape index (κ1) is 22.8. The van der Waals surface area contributed by atoms with E-state index in [1.54, 1.807) is 43.7 Å². The van der Waals surface area contributed by atoms with Crippen LogP contribution < -0.4 is 20.1 Å². The molecule has 0 aliphatic carbocycles. The number of guanidine groups is 1. The van der Waals surface area contributed by atoms with Gasteiger partial charge in [0.05, 0.1) is 12.7 Å². The van der Waals surface area contributed by atoms with Crippen molar-refractivity contribution < 1.29 is 22.6 Å². The zero-order valence-corrected chi connectivity index (χ0v) is 16.8. The summed E-state index contributed by atoms with van der Waals surface area (Å²) in [6, 6.07) is 9.49. The van der Waals surface area contributed by atoms with Crippen molar-refractivity contribution in [2.24, 2.45) is 4.99 Å². The van der Waals surface area contributed by atoms with Gasteiger partial charge in [-0.15, -0.1) is 37.1 Å². The molecule has 10 heteroatoms. The Hall–Kier alpha value is -2.24. The average Bonchev–Trinajstić information content (AvgIpc) is 2.62. The monoisotopic (exact) mass is 496 g/mol. The van der Waals surface area contributed by atoms with Crippen LogP contribution in [-0.4, -0.2) is 37.5 Å². The smallest absolute Gasteiger partial charge is 0.490 e. The molecule has 0 amide bonds. The summed E-state index contributed by atoms with van der Waals surface area (Å²) in [7, 11) is 1.56. The van der Waals surface area contributed by atoms with Crippen LogP contribution >= 0.6 is 24.0 Å². The number of alkyl halides is 3. The molecule has 2 aromatic rings. The average molecular weight is 496 g/mol. The van der Waals surface area contributed by atoms with Gasteiger partial charge < -0.3 is 20.1 Å². The normalized spacial score (nSPS) is 11.3. The van der Waals surface area contributed by atoms with Crippen molar-refractivity contribution >= 4 is 29.9 Å². The minimum absolute atomic E-state index is 0. The molecule has 0 aliphatic heterocycles. The molecule has 2 N–H and O–H groups in total. The maximum atomic E-state index is 12.4. The molecule has 27 heavy (non-hydrogen) atoms. The van der Waals surface area contributed by atoms with Gasteiger partial charge in [0.1, 0.15) is 18.1 Å². The summed E-state index contributed by atoms with van der Waals surface area (Å²) in [6.07, 6.45) is -1.48. The highest BCUT2D eigenvalue weighted by atomic mass is 127. The number of aromatic nitrogens is 1. The van der Waals surface area contributed by atoms with Crippen molar-refractivity contribution in [1.82, 2.24) is 15.6 Å². The van der Waals surface area contributed by atoms with Crippen molar-refractivity contribution in [2.45, 2.75) is 12.9 Å². The Labute approximate surface area is 172 Å². The van der Waals surface area contributed by atoms with Gasteiger partial charge in [-0.05, 0) is 18.2 Å². The van der Waals surface area contributed by atoms with Gasteiger partial charge in [-0.1, -0.05) is 18.2 Å². The summed E-state index contributed by atoms with van der Waals surface area (Å²) in [6.45, 7) is 0.949. The van der Waals surface area contributed by atoms with Crippen LogP contribution in [0, 0.1) is 0 Å². The predicted molar refractivity (Wildman–Crippen MR) is 106 cm³/mol. The molecule has 0 bridgehead atoms. The quantitative estimate of drug-likeness (QED) is 0.267. The third-order valence-corrected chi connectivity index (χ3v) is 3.17. The molecule has 1 heterocycles. The molecule has 0 saturated heterocycles. The first-order valence-corrected chi connectivity index (χ1v) is 7.79. The number of hydrogen-bond donors (Lipinski definition) is 2. The number of nitrogens with one attached hydrogen (secondary N) is 2. The number of benzene rings is 1. The van der Waals surface area contributed by atoms with E-state index >= 15 is 0 Å². The summed E-state index contributed by atoms with van der Waals surface area (Å²) >= 11 is 0. The molecule has 148 valence electrons. The van der Waals surface area contributed by atoms with Gasteiger partial charge >= 0.3 is 6.36 Å². The van der Waals surface area contributed by atoms with Gasteiger partial charge in [0.15, 0.2) is 5.96 Å². The van der Waals surface area contributed by atoms with Crippen LogP contribution in [0.2, 0.25) is 0 Å². The topological polar surface area (TPSA) is 67.8 Å². The number of nitrogens with zero attached hydrogens (tertiary/aromatic N) is 2. The van der Waals surface area contributed by atoms with E-state index in [9.17, 15) is 13.2 Å². The Kier molecular flexibility index (Phi) is 9.68. The van der Waals surface area contributed by atoms with Crippen molar-refractivity contribution in [2.75, 3.05) is 20.2 Å². The van der Waals surface area contributed by atoms with E-state index in [4.69, 9.17) is 4.74 Å². The van der Waals surface area contributed by atoms with Gasteiger partial charge in [0, 0.05) is 25.4 Å². The standard InChI is InChI=1S/C17H19F3N4O2.HI/c1-21-16(23-9-10-25-14-6-4-8-22-12-14)24-11-13-5-2-3-7-15(13)26-17(18,19)20;/h2-8,12H,9-11H2,1H3,(H2,21,23,24);1H. The fourth-order valence-corrected chi connectivity index (χ4v) is 2.04. The second kappa shape index (κ2) is 11.5. The molecular formula is C17H20F3IN4O2. The highest BCUT2D eigenvalue weighted by molar-refractivity contribution is 14.0. The lowest BCUT2D eigenvalue weighted by atomic mass is 10.2. The molecule has 1 aromatic heterocycles. The molecule has 0 unspecified atom stereocenters. The first-order chi connectivity index (χ1) is 12.5. The van der Waals surface area contributed by atoms with E-state index < -0.39 is 6.36 Å². The second-order valence-corrected chi connectivity index (χ2v) is 5.05. The highest BCUT2D eigenvalue weighted by Crippen LogP contribution is 2.25. The first-order valence-electron chi connectivity index (χ1n) is 7.79. The van der Waals surface area contributed by atoms with E-state index in [2.05, 4.69) is 25.3 Å². The molecule has 0 aliphatic rings. The Morgan fingerprint density at radius 1 is 1.15 bits per heavy atom. The van der Waals surface area contributed by atoms with Gasteiger partial charge in [0.25, 0.3) is 0 Å². The van der Waals surface area contributed by atoms with E-state index in [1.807, 2.05) is 0 Å². The van der Waals surface area contributed by atoms with Crippen LogP contribution in [-0.2, 0) is 6.54 Å². The number of hydrogen-bond acceptors (Lipinski definition) is 4. The lowest BCUT2D eigenvalue weighted by Gasteiger charge is -2.15. The Bertz CT molecular complexity index is 715. The van der Waals surface area contributed by atoms with E-state index in [0.717, 1.165) is 0 Å². The largest absolute Gasteiger partial charge is 0.573 e. The molecular weight excluding hydrogens is 476 g/mol.